The lowest BCUT2D eigenvalue weighted by molar-refractivity contribution is 0.0988. The molecule has 3 aromatic rings. The smallest absolute Gasteiger partial charge is 0.276 e. The highest BCUT2D eigenvalue weighted by molar-refractivity contribution is 6.07. The number of pyridine rings is 1. The van der Waals surface area contributed by atoms with Crippen LogP contribution in [-0.4, -0.2) is 23.8 Å². The van der Waals surface area contributed by atoms with E-state index in [2.05, 4.69) is 10.3 Å². The number of aryl methyl sites for hydroxylation is 2. The van der Waals surface area contributed by atoms with Gasteiger partial charge in [-0.2, -0.15) is 0 Å². The molecular weight excluding hydrogens is 338 g/mol. The fraction of sp³-hybridized carbons (Fsp3) is 0.136. The highest BCUT2D eigenvalue weighted by Gasteiger charge is 2.17. The van der Waals surface area contributed by atoms with Gasteiger partial charge in [0.2, 0.25) is 0 Å². The molecule has 0 unspecified atom stereocenters. The van der Waals surface area contributed by atoms with Gasteiger partial charge in [0.1, 0.15) is 11.4 Å². The van der Waals surface area contributed by atoms with Crippen molar-refractivity contribution in [3.05, 3.63) is 89.2 Å². The zero-order valence-corrected chi connectivity index (χ0v) is 15.6. The molecule has 27 heavy (non-hydrogen) atoms. The number of nitrogens with zero attached hydrogens (tertiary/aromatic N) is 2. The van der Waals surface area contributed by atoms with Gasteiger partial charge in [0.25, 0.3) is 11.8 Å². The second kappa shape index (κ2) is 7.83. The van der Waals surface area contributed by atoms with Gasteiger partial charge >= 0.3 is 0 Å². The zero-order valence-electron chi connectivity index (χ0n) is 15.6. The number of carbonyl (C=O) groups is 2. The lowest BCUT2D eigenvalue weighted by Crippen LogP contribution is -2.27. The first-order valence-electron chi connectivity index (χ1n) is 8.64. The van der Waals surface area contributed by atoms with Gasteiger partial charge in [-0.15, -0.1) is 0 Å². The number of amides is 2. The van der Waals surface area contributed by atoms with Crippen LogP contribution in [0.3, 0.4) is 0 Å². The number of hydrogen-bond donors (Lipinski definition) is 1. The number of para-hydroxylation sites is 1. The summed E-state index contributed by atoms with van der Waals surface area (Å²) in [4.78, 5) is 31.0. The molecule has 5 heteroatoms. The Kier molecular flexibility index (Phi) is 5.31. The summed E-state index contributed by atoms with van der Waals surface area (Å²) in [5, 5.41) is 2.85. The summed E-state index contributed by atoms with van der Waals surface area (Å²) in [7, 11) is 1.68. The van der Waals surface area contributed by atoms with Gasteiger partial charge < -0.3 is 10.2 Å². The Labute approximate surface area is 158 Å². The third-order valence-corrected chi connectivity index (χ3v) is 4.28. The van der Waals surface area contributed by atoms with Crippen LogP contribution in [0.2, 0.25) is 0 Å². The Balaban J connectivity index is 1.80. The maximum atomic E-state index is 12.7. The molecule has 1 N–H and O–H groups in total. The fourth-order valence-corrected chi connectivity index (χ4v) is 2.76. The fourth-order valence-electron chi connectivity index (χ4n) is 2.76. The lowest BCUT2D eigenvalue weighted by atomic mass is 10.1. The number of rotatable bonds is 4. The molecule has 0 spiro atoms. The average Bonchev–Trinajstić information content (AvgIpc) is 2.69. The standard InChI is InChI=1S/C22H21N3O2/c1-15-12-13-18(16(2)14-15)24-21(26)19-10-7-11-20(23-19)22(27)25(3)17-8-5-4-6-9-17/h4-14H,1-3H3,(H,24,26). The van der Waals surface area contributed by atoms with Crippen molar-refractivity contribution in [2.24, 2.45) is 0 Å². The largest absolute Gasteiger partial charge is 0.320 e. The van der Waals surface area contributed by atoms with Crippen LogP contribution in [0.15, 0.2) is 66.7 Å². The number of benzene rings is 2. The molecule has 0 aliphatic heterocycles. The van der Waals surface area contributed by atoms with E-state index in [1.54, 1.807) is 25.2 Å². The molecule has 3 rings (SSSR count). The van der Waals surface area contributed by atoms with Crippen molar-refractivity contribution in [2.45, 2.75) is 13.8 Å². The van der Waals surface area contributed by atoms with Crippen LogP contribution < -0.4 is 10.2 Å². The minimum atomic E-state index is -0.348. The SMILES string of the molecule is Cc1ccc(NC(=O)c2cccc(C(=O)N(C)c3ccccc3)n2)c(C)c1. The highest BCUT2D eigenvalue weighted by Crippen LogP contribution is 2.18. The van der Waals surface area contributed by atoms with Crippen LogP contribution in [0.4, 0.5) is 11.4 Å². The molecule has 1 heterocycles. The first-order chi connectivity index (χ1) is 13.0. The van der Waals surface area contributed by atoms with Crippen LogP contribution in [0.1, 0.15) is 32.1 Å². The number of anilines is 2. The first-order valence-corrected chi connectivity index (χ1v) is 8.64. The Morgan fingerprint density at radius 3 is 2.30 bits per heavy atom. The minimum Gasteiger partial charge on any atom is -0.320 e. The molecule has 0 saturated carbocycles. The highest BCUT2D eigenvalue weighted by atomic mass is 16.2. The molecule has 5 nitrogen and oxygen atoms in total. The predicted molar refractivity (Wildman–Crippen MR) is 107 cm³/mol. The van der Waals surface area contributed by atoms with Gasteiger partial charge in [-0.3, -0.25) is 9.59 Å². The molecule has 0 aliphatic rings. The molecule has 0 radical (unpaired) electrons. The first kappa shape index (κ1) is 18.3. The third kappa shape index (κ3) is 4.20. The van der Waals surface area contributed by atoms with Crippen molar-refractivity contribution < 1.29 is 9.59 Å². The summed E-state index contributed by atoms with van der Waals surface area (Å²) < 4.78 is 0. The lowest BCUT2D eigenvalue weighted by Gasteiger charge is -2.17. The number of carbonyl (C=O) groups excluding carboxylic acids is 2. The molecule has 0 saturated heterocycles. The number of nitrogens with one attached hydrogen (secondary N) is 1. The molecule has 0 atom stereocenters. The molecule has 136 valence electrons. The van der Waals surface area contributed by atoms with Gasteiger partial charge in [0.05, 0.1) is 0 Å². The summed E-state index contributed by atoms with van der Waals surface area (Å²) in [6.07, 6.45) is 0. The van der Waals surface area contributed by atoms with Gasteiger partial charge in [-0.05, 0) is 49.7 Å². The van der Waals surface area contributed by atoms with Crippen LogP contribution in [0.25, 0.3) is 0 Å². The monoisotopic (exact) mass is 359 g/mol. The van der Waals surface area contributed by atoms with Crippen molar-refractivity contribution in [3.8, 4) is 0 Å². The molecule has 2 amide bonds. The van der Waals surface area contributed by atoms with Gasteiger partial charge in [0.15, 0.2) is 0 Å². The Morgan fingerprint density at radius 1 is 0.889 bits per heavy atom. The summed E-state index contributed by atoms with van der Waals surface area (Å²) >= 11 is 0. The molecule has 0 bridgehead atoms. The van der Waals surface area contributed by atoms with E-state index in [-0.39, 0.29) is 23.2 Å². The number of hydrogen-bond acceptors (Lipinski definition) is 3. The van der Waals surface area contributed by atoms with Gasteiger partial charge in [0, 0.05) is 18.4 Å². The molecule has 1 aromatic heterocycles. The van der Waals surface area contributed by atoms with E-state index in [4.69, 9.17) is 0 Å². The van der Waals surface area contributed by atoms with E-state index >= 15 is 0 Å². The Morgan fingerprint density at radius 2 is 1.59 bits per heavy atom. The van der Waals surface area contributed by atoms with E-state index in [0.29, 0.717) is 0 Å². The van der Waals surface area contributed by atoms with Crippen molar-refractivity contribution in [1.82, 2.24) is 4.98 Å². The van der Waals surface area contributed by atoms with E-state index < -0.39 is 0 Å². The zero-order chi connectivity index (χ0) is 19.4. The molecule has 0 aliphatic carbocycles. The van der Waals surface area contributed by atoms with E-state index in [1.165, 1.54) is 4.90 Å². The maximum absolute atomic E-state index is 12.7. The van der Waals surface area contributed by atoms with Crippen LogP contribution >= 0.6 is 0 Å². The molecule has 2 aromatic carbocycles. The van der Waals surface area contributed by atoms with Crippen LogP contribution in [-0.2, 0) is 0 Å². The van der Waals surface area contributed by atoms with Crippen molar-refractivity contribution >= 4 is 23.2 Å². The summed E-state index contributed by atoms with van der Waals surface area (Å²) in [5.74, 6) is -0.624. The Bertz CT molecular complexity index is 984. The predicted octanol–water partition coefficient (Wildman–Crippen LogP) is 4.23. The third-order valence-electron chi connectivity index (χ3n) is 4.28. The van der Waals surface area contributed by atoms with E-state index in [1.807, 2.05) is 62.4 Å². The second-order valence-corrected chi connectivity index (χ2v) is 6.38. The second-order valence-electron chi connectivity index (χ2n) is 6.38. The summed E-state index contributed by atoms with van der Waals surface area (Å²) in [6.45, 7) is 3.93. The summed E-state index contributed by atoms with van der Waals surface area (Å²) in [5.41, 5.74) is 4.00. The van der Waals surface area contributed by atoms with E-state index in [0.717, 1.165) is 22.5 Å². The van der Waals surface area contributed by atoms with E-state index in [9.17, 15) is 9.59 Å². The maximum Gasteiger partial charge on any atom is 0.276 e. The van der Waals surface area contributed by atoms with Crippen molar-refractivity contribution in [2.75, 3.05) is 17.3 Å². The molecular formula is C22H21N3O2. The quantitative estimate of drug-likeness (QED) is 0.758. The number of aromatic nitrogens is 1. The summed E-state index contributed by atoms with van der Waals surface area (Å²) in [6, 6.07) is 20.0. The van der Waals surface area contributed by atoms with Crippen molar-refractivity contribution in [3.63, 3.8) is 0 Å². The average molecular weight is 359 g/mol. The molecule has 0 fully saturated rings. The Hall–Kier alpha value is -3.47. The normalized spacial score (nSPS) is 10.3. The van der Waals surface area contributed by atoms with Gasteiger partial charge in [-0.1, -0.05) is 42.0 Å². The van der Waals surface area contributed by atoms with Crippen LogP contribution in [0.5, 0.6) is 0 Å². The topological polar surface area (TPSA) is 62.3 Å². The van der Waals surface area contributed by atoms with Crippen LogP contribution in [0, 0.1) is 13.8 Å². The van der Waals surface area contributed by atoms with Gasteiger partial charge in [-0.25, -0.2) is 4.98 Å². The van der Waals surface area contributed by atoms with Crippen molar-refractivity contribution in [1.29, 1.82) is 0 Å². The minimum absolute atomic E-state index is 0.197.